The molecule has 1 fully saturated rings. The van der Waals surface area contributed by atoms with Gasteiger partial charge in [-0.1, -0.05) is 11.6 Å². The molecular formula is C11H13ClN6O2S2. The van der Waals surface area contributed by atoms with Gasteiger partial charge in [0.15, 0.2) is 9.84 Å². The van der Waals surface area contributed by atoms with Gasteiger partial charge in [0.2, 0.25) is 4.77 Å². The molecule has 1 N–H and O–H groups in total. The van der Waals surface area contributed by atoms with Crippen molar-refractivity contribution in [2.45, 2.75) is 19.4 Å². The summed E-state index contributed by atoms with van der Waals surface area (Å²) < 4.78 is 26.5. The van der Waals surface area contributed by atoms with E-state index in [0.717, 1.165) is 0 Å². The van der Waals surface area contributed by atoms with E-state index in [1.165, 1.54) is 17.2 Å². The molecule has 1 aliphatic rings. The lowest BCUT2D eigenvalue weighted by Gasteiger charge is -2.09. The molecule has 0 bridgehead atoms. The quantitative estimate of drug-likeness (QED) is 0.658. The molecule has 3 rings (SSSR count). The van der Waals surface area contributed by atoms with E-state index in [2.05, 4.69) is 20.4 Å². The van der Waals surface area contributed by atoms with Crippen LogP contribution in [0.25, 0.3) is 0 Å². The summed E-state index contributed by atoms with van der Waals surface area (Å²) in [4.78, 5) is 0. The van der Waals surface area contributed by atoms with E-state index in [4.69, 9.17) is 23.8 Å². The van der Waals surface area contributed by atoms with Crippen molar-refractivity contribution in [2.75, 3.05) is 11.5 Å². The zero-order valence-electron chi connectivity index (χ0n) is 11.6. The number of nitrogens with one attached hydrogen (secondary N) is 1. The SMILES string of the molecule is Cc1nn([C@@H]2CCS(=O)(=O)C2)c(Cl)c1C=Nn1cn[nH]c1=S. The maximum absolute atomic E-state index is 11.6. The molecule has 0 spiro atoms. The summed E-state index contributed by atoms with van der Waals surface area (Å²) in [6.07, 6.45) is 3.50. The van der Waals surface area contributed by atoms with Gasteiger partial charge >= 0.3 is 0 Å². The molecule has 3 heterocycles. The molecule has 2 aromatic rings. The van der Waals surface area contributed by atoms with Gasteiger partial charge in [-0.25, -0.2) is 13.1 Å². The second kappa shape index (κ2) is 5.60. The summed E-state index contributed by atoms with van der Waals surface area (Å²) in [5.74, 6) is 0.234. The highest BCUT2D eigenvalue weighted by molar-refractivity contribution is 7.91. The smallest absolute Gasteiger partial charge is 0.216 e. The van der Waals surface area contributed by atoms with Crippen molar-refractivity contribution in [3.63, 3.8) is 0 Å². The van der Waals surface area contributed by atoms with Gasteiger partial charge in [-0.15, -0.1) is 0 Å². The monoisotopic (exact) mass is 360 g/mol. The minimum absolute atomic E-state index is 0.0667. The Kier molecular flexibility index (Phi) is 3.91. The number of aryl methyl sites for hydroxylation is 1. The summed E-state index contributed by atoms with van der Waals surface area (Å²) in [7, 11) is -3.00. The lowest BCUT2D eigenvalue weighted by atomic mass is 10.2. The fourth-order valence-electron chi connectivity index (χ4n) is 2.33. The molecule has 0 saturated carbocycles. The van der Waals surface area contributed by atoms with Crippen LogP contribution in [0.3, 0.4) is 0 Å². The van der Waals surface area contributed by atoms with Crippen molar-refractivity contribution in [3.05, 3.63) is 27.5 Å². The molecule has 1 aliphatic heterocycles. The Morgan fingerprint density at radius 3 is 2.95 bits per heavy atom. The third kappa shape index (κ3) is 2.85. The fraction of sp³-hybridized carbons (Fsp3) is 0.455. The number of aromatic nitrogens is 5. The highest BCUT2D eigenvalue weighted by Crippen LogP contribution is 2.29. The van der Waals surface area contributed by atoms with Gasteiger partial charge in [0.05, 0.1) is 35.0 Å². The first-order valence-corrected chi connectivity index (χ1v) is 9.09. The Balaban J connectivity index is 1.93. The Morgan fingerprint density at radius 2 is 2.36 bits per heavy atom. The van der Waals surface area contributed by atoms with Crippen molar-refractivity contribution >= 4 is 39.9 Å². The maximum Gasteiger partial charge on any atom is 0.216 e. The van der Waals surface area contributed by atoms with E-state index in [0.29, 0.717) is 27.6 Å². The molecule has 22 heavy (non-hydrogen) atoms. The molecule has 118 valence electrons. The Labute approximate surface area is 136 Å². The van der Waals surface area contributed by atoms with E-state index in [1.807, 2.05) is 0 Å². The molecule has 0 aliphatic carbocycles. The van der Waals surface area contributed by atoms with Gasteiger partial charge in [-0.3, -0.25) is 5.10 Å². The fourth-order valence-corrected chi connectivity index (χ4v) is 4.53. The zero-order valence-corrected chi connectivity index (χ0v) is 14.0. The molecule has 0 unspecified atom stereocenters. The van der Waals surface area contributed by atoms with Crippen molar-refractivity contribution < 1.29 is 8.42 Å². The van der Waals surface area contributed by atoms with Crippen molar-refractivity contribution in [1.29, 1.82) is 0 Å². The number of rotatable bonds is 3. The van der Waals surface area contributed by atoms with Crippen LogP contribution < -0.4 is 0 Å². The van der Waals surface area contributed by atoms with Crippen LogP contribution in [0, 0.1) is 11.7 Å². The van der Waals surface area contributed by atoms with E-state index in [-0.39, 0.29) is 17.5 Å². The largest absolute Gasteiger partial charge is 0.250 e. The molecule has 1 atom stereocenters. The molecule has 0 aromatic carbocycles. The summed E-state index contributed by atoms with van der Waals surface area (Å²) in [5.41, 5.74) is 1.31. The van der Waals surface area contributed by atoms with E-state index < -0.39 is 9.84 Å². The van der Waals surface area contributed by atoms with Crippen molar-refractivity contribution in [3.8, 4) is 0 Å². The number of H-pyrrole nitrogens is 1. The Bertz CT molecular complexity index is 894. The molecule has 0 radical (unpaired) electrons. The minimum atomic E-state index is -3.00. The zero-order chi connectivity index (χ0) is 15.9. The number of sulfone groups is 1. The van der Waals surface area contributed by atoms with Crippen LogP contribution in [-0.4, -0.2) is 50.8 Å². The third-order valence-electron chi connectivity index (χ3n) is 3.47. The molecule has 2 aromatic heterocycles. The van der Waals surface area contributed by atoms with Crippen molar-refractivity contribution in [2.24, 2.45) is 5.10 Å². The number of aromatic amines is 1. The molecule has 1 saturated heterocycles. The number of halogens is 1. The molecule has 0 amide bonds. The summed E-state index contributed by atoms with van der Waals surface area (Å²) >= 11 is 11.3. The van der Waals surface area contributed by atoms with Crippen LogP contribution in [0.4, 0.5) is 0 Å². The van der Waals surface area contributed by atoms with Gasteiger partial charge in [0, 0.05) is 0 Å². The van der Waals surface area contributed by atoms with Gasteiger partial charge in [-0.05, 0) is 25.6 Å². The Hall–Kier alpha value is -1.52. The van der Waals surface area contributed by atoms with Crippen LogP contribution in [-0.2, 0) is 9.84 Å². The first-order valence-electron chi connectivity index (χ1n) is 6.49. The van der Waals surface area contributed by atoms with E-state index >= 15 is 0 Å². The average molecular weight is 361 g/mol. The van der Waals surface area contributed by atoms with E-state index in [1.54, 1.807) is 11.6 Å². The summed E-state index contributed by atoms with van der Waals surface area (Å²) in [6.45, 7) is 1.79. The maximum atomic E-state index is 11.6. The van der Waals surface area contributed by atoms with Crippen molar-refractivity contribution in [1.82, 2.24) is 24.7 Å². The topological polar surface area (TPSA) is 97.9 Å². The predicted molar refractivity (Wildman–Crippen MR) is 84.7 cm³/mol. The minimum Gasteiger partial charge on any atom is -0.250 e. The van der Waals surface area contributed by atoms with Gasteiger partial charge in [0.25, 0.3) is 0 Å². The molecule has 8 nitrogen and oxygen atoms in total. The highest BCUT2D eigenvalue weighted by atomic mass is 35.5. The van der Waals surface area contributed by atoms with Crippen LogP contribution in [0.5, 0.6) is 0 Å². The highest BCUT2D eigenvalue weighted by Gasteiger charge is 2.31. The summed E-state index contributed by atoms with van der Waals surface area (Å²) in [5, 5.41) is 15.2. The average Bonchev–Trinajstić information content (AvgIpc) is 3.08. The first kappa shape index (κ1) is 15.4. The van der Waals surface area contributed by atoms with E-state index in [9.17, 15) is 8.42 Å². The number of hydrogen-bond donors (Lipinski definition) is 1. The molecular weight excluding hydrogens is 348 g/mol. The van der Waals surface area contributed by atoms with Gasteiger partial charge in [-0.2, -0.15) is 20.0 Å². The standard InChI is InChI=1S/C11H13ClN6O2S2/c1-7-9(4-14-17-6-13-15-11(17)21)10(12)18(16-7)8-2-3-22(19,20)5-8/h4,6,8H,2-3,5H2,1H3,(H,15,21)/t8-/m1/s1. The predicted octanol–water partition coefficient (Wildman–Crippen LogP) is 1.34. The van der Waals surface area contributed by atoms with Gasteiger partial charge in [0.1, 0.15) is 11.5 Å². The lowest BCUT2D eigenvalue weighted by Crippen LogP contribution is -2.12. The summed E-state index contributed by atoms with van der Waals surface area (Å²) in [6, 6.07) is -0.227. The second-order valence-corrected chi connectivity index (χ2v) is 8.02. The van der Waals surface area contributed by atoms with Crippen LogP contribution >= 0.6 is 23.8 Å². The van der Waals surface area contributed by atoms with Gasteiger partial charge < -0.3 is 0 Å². The Morgan fingerprint density at radius 1 is 1.59 bits per heavy atom. The number of hydrogen-bond acceptors (Lipinski definition) is 6. The lowest BCUT2D eigenvalue weighted by molar-refractivity contribution is 0.497. The normalized spacial score (nSPS) is 20.9. The van der Waals surface area contributed by atoms with Crippen LogP contribution in [0.2, 0.25) is 5.15 Å². The van der Waals surface area contributed by atoms with Crippen LogP contribution in [0.1, 0.15) is 23.7 Å². The second-order valence-electron chi connectivity index (χ2n) is 5.04. The number of nitrogens with zero attached hydrogens (tertiary/aromatic N) is 5. The molecule has 11 heteroatoms. The first-order chi connectivity index (χ1) is 10.4. The van der Waals surface area contributed by atoms with Crippen LogP contribution in [0.15, 0.2) is 11.4 Å². The third-order valence-corrected chi connectivity index (χ3v) is 5.88.